The van der Waals surface area contributed by atoms with Crippen LogP contribution in [0.2, 0.25) is 0 Å². The highest BCUT2D eigenvalue weighted by Gasteiger charge is 2.34. The van der Waals surface area contributed by atoms with E-state index in [2.05, 4.69) is 20.8 Å². The van der Waals surface area contributed by atoms with Gasteiger partial charge in [0.25, 0.3) is 0 Å². The van der Waals surface area contributed by atoms with Crippen molar-refractivity contribution in [2.24, 2.45) is 11.8 Å². The molecule has 1 N–H and O–H groups in total. The second-order valence-electron chi connectivity index (χ2n) is 4.86. The zero-order chi connectivity index (χ0) is 13.3. The first-order chi connectivity index (χ1) is 8.45. The van der Waals surface area contributed by atoms with Gasteiger partial charge < -0.3 is 5.11 Å². The van der Waals surface area contributed by atoms with Crippen molar-refractivity contribution < 1.29 is 14.3 Å². The molecule has 0 radical (unpaired) electrons. The summed E-state index contributed by atoms with van der Waals surface area (Å²) in [6, 6.07) is 4.82. The molecule has 0 aromatic heterocycles. The van der Waals surface area contributed by atoms with Crippen molar-refractivity contribution >= 4 is 21.9 Å². The molecular weight excluding hydrogens is 301 g/mol. The largest absolute Gasteiger partial charge is 0.481 e. The number of hydrogen-bond donors (Lipinski definition) is 1. The molecule has 18 heavy (non-hydrogen) atoms. The van der Waals surface area contributed by atoms with Gasteiger partial charge in [-0.1, -0.05) is 22.9 Å². The molecule has 0 spiro atoms. The summed E-state index contributed by atoms with van der Waals surface area (Å²) < 4.78 is 13.9. The third kappa shape index (κ3) is 3.09. The van der Waals surface area contributed by atoms with E-state index in [0.717, 1.165) is 23.1 Å². The van der Waals surface area contributed by atoms with Gasteiger partial charge in [0.2, 0.25) is 0 Å². The molecule has 0 saturated carbocycles. The van der Waals surface area contributed by atoms with E-state index in [1.54, 1.807) is 6.92 Å². The van der Waals surface area contributed by atoms with Gasteiger partial charge in [-0.15, -0.1) is 0 Å². The fraction of sp³-hybridized carbons (Fsp3) is 0.462. The van der Waals surface area contributed by atoms with Crippen molar-refractivity contribution in [3.8, 4) is 0 Å². The van der Waals surface area contributed by atoms with Crippen LogP contribution >= 0.6 is 15.9 Å². The number of likely N-dealkylation sites (tertiary alicyclic amines) is 1. The predicted molar refractivity (Wildman–Crippen MR) is 69.7 cm³/mol. The van der Waals surface area contributed by atoms with Gasteiger partial charge in [-0.3, -0.25) is 9.69 Å². The summed E-state index contributed by atoms with van der Waals surface area (Å²) in [4.78, 5) is 12.9. The minimum absolute atomic E-state index is 0.208. The van der Waals surface area contributed by atoms with Crippen molar-refractivity contribution in [1.29, 1.82) is 0 Å². The lowest BCUT2D eigenvalue weighted by atomic mass is 9.87. The smallest absolute Gasteiger partial charge is 0.306 e. The van der Waals surface area contributed by atoms with Crippen molar-refractivity contribution in [1.82, 2.24) is 4.90 Å². The zero-order valence-electron chi connectivity index (χ0n) is 10.1. The number of hydrogen-bond acceptors (Lipinski definition) is 2. The average molecular weight is 316 g/mol. The fourth-order valence-corrected chi connectivity index (χ4v) is 2.73. The molecule has 3 nitrogen and oxygen atoms in total. The van der Waals surface area contributed by atoms with Gasteiger partial charge in [-0.25, -0.2) is 4.39 Å². The molecule has 1 atom stereocenters. The quantitative estimate of drug-likeness (QED) is 0.928. The summed E-state index contributed by atoms with van der Waals surface area (Å²) in [5, 5.41) is 8.89. The van der Waals surface area contributed by atoms with E-state index in [4.69, 9.17) is 5.11 Å². The molecule has 0 bridgehead atoms. The van der Waals surface area contributed by atoms with Gasteiger partial charge in [0, 0.05) is 24.1 Å². The molecule has 5 heteroatoms. The van der Waals surface area contributed by atoms with E-state index in [1.807, 2.05) is 6.07 Å². The van der Waals surface area contributed by atoms with Crippen LogP contribution in [0.3, 0.4) is 0 Å². The minimum atomic E-state index is -0.742. The Morgan fingerprint density at radius 2 is 2.22 bits per heavy atom. The number of nitrogens with zero attached hydrogens (tertiary/aromatic N) is 1. The fourth-order valence-electron chi connectivity index (χ4n) is 2.22. The molecule has 1 unspecified atom stereocenters. The zero-order valence-corrected chi connectivity index (χ0v) is 11.7. The molecule has 1 aliphatic rings. The highest BCUT2D eigenvalue weighted by atomic mass is 79.9. The lowest BCUT2D eigenvalue weighted by Gasteiger charge is -2.41. The van der Waals surface area contributed by atoms with Gasteiger partial charge in [0.1, 0.15) is 5.82 Å². The number of carboxylic acids is 1. The Morgan fingerprint density at radius 1 is 1.56 bits per heavy atom. The standard InChI is InChI=1S/C13H15BrFNO2/c1-8(13(17)18)10-6-16(7-10)5-9-2-11(14)4-12(15)3-9/h2-4,8,10H,5-7H2,1H3,(H,17,18). The Bertz CT molecular complexity index is 440. The van der Waals surface area contributed by atoms with E-state index in [0.29, 0.717) is 6.54 Å². The monoisotopic (exact) mass is 315 g/mol. The molecule has 0 amide bonds. The second kappa shape index (κ2) is 5.36. The molecule has 1 saturated heterocycles. The van der Waals surface area contributed by atoms with Crippen LogP contribution in [0.1, 0.15) is 12.5 Å². The van der Waals surface area contributed by atoms with Gasteiger partial charge in [-0.05, 0) is 29.7 Å². The maximum atomic E-state index is 13.2. The average Bonchev–Trinajstić information content (AvgIpc) is 2.20. The SMILES string of the molecule is CC(C(=O)O)C1CN(Cc2cc(F)cc(Br)c2)C1. The molecular formula is C13H15BrFNO2. The van der Waals surface area contributed by atoms with Crippen LogP contribution < -0.4 is 0 Å². The lowest BCUT2D eigenvalue weighted by molar-refractivity contribution is -0.145. The highest BCUT2D eigenvalue weighted by Crippen LogP contribution is 2.26. The van der Waals surface area contributed by atoms with Gasteiger partial charge >= 0.3 is 5.97 Å². The minimum Gasteiger partial charge on any atom is -0.481 e. The van der Waals surface area contributed by atoms with Crippen molar-refractivity contribution in [3.05, 3.63) is 34.1 Å². The van der Waals surface area contributed by atoms with E-state index in [9.17, 15) is 9.18 Å². The van der Waals surface area contributed by atoms with Crippen molar-refractivity contribution in [3.63, 3.8) is 0 Å². The number of carboxylic acid groups (broad SMARTS) is 1. The van der Waals surface area contributed by atoms with Crippen LogP contribution in [-0.2, 0) is 11.3 Å². The van der Waals surface area contributed by atoms with Crippen LogP contribution in [0.4, 0.5) is 4.39 Å². The van der Waals surface area contributed by atoms with Gasteiger partial charge in [0.05, 0.1) is 5.92 Å². The molecule has 1 heterocycles. The van der Waals surface area contributed by atoms with Crippen molar-refractivity contribution in [2.45, 2.75) is 13.5 Å². The third-order valence-corrected chi connectivity index (χ3v) is 3.87. The first-order valence-electron chi connectivity index (χ1n) is 5.86. The van der Waals surface area contributed by atoms with Crippen molar-refractivity contribution in [2.75, 3.05) is 13.1 Å². The van der Waals surface area contributed by atoms with E-state index < -0.39 is 5.97 Å². The maximum Gasteiger partial charge on any atom is 0.306 e. The first kappa shape index (κ1) is 13.5. The first-order valence-corrected chi connectivity index (χ1v) is 6.65. The van der Waals surface area contributed by atoms with Crippen LogP contribution in [0.5, 0.6) is 0 Å². The summed E-state index contributed by atoms with van der Waals surface area (Å²) in [5.74, 6) is -1.09. The normalized spacial score (nSPS) is 18.4. The summed E-state index contributed by atoms with van der Waals surface area (Å²) in [5.41, 5.74) is 0.906. The number of aliphatic carboxylic acids is 1. The molecule has 98 valence electrons. The summed E-state index contributed by atoms with van der Waals surface area (Å²) in [6.07, 6.45) is 0. The summed E-state index contributed by atoms with van der Waals surface area (Å²) >= 11 is 3.26. The van der Waals surface area contributed by atoms with Crippen LogP contribution in [0.25, 0.3) is 0 Å². The summed E-state index contributed by atoms with van der Waals surface area (Å²) in [7, 11) is 0. The predicted octanol–water partition coefficient (Wildman–Crippen LogP) is 2.74. The Labute approximate surface area is 114 Å². The maximum absolute atomic E-state index is 13.2. The van der Waals surface area contributed by atoms with Gasteiger partial charge in [-0.2, -0.15) is 0 Å². The van der Waals surface area contributed by atoms with E-state index >= 15 is 0 Å². The summed E-state index contributed by atoms with van der Waals surface area (Å²) in [6.45, 7) is 3.94. The number of benzene rings is 1. The Hall–Kier alpha value is -0.940. The number of carbonyl (C=O) groups is 1. The Morgan fingerprint density at radius 3 is 2.78 bits per heavy atom. The number of halogens is 2. The molecule has 1 aromatic rings. The Balaban J connectivity index is 1.88. The Kier molecular flexibility index (Phi) is 4.02. The molecule has 2 rings (SSSR count). The topological polar surface area (TPSA) is 40.5 Å². The molecule has 1 aromatic carbocycles. The van der Waals surface area contributed by atoms with E-state index in [1.165, 1.54) is 12.1 Å². The van der Waals surface area contributed by atoms with Crippen LogP contribution in [0.15, 0.2) is 22.7 Å². The van der Waals surface area contributed by atoms with Crippen LogP contribution in [-0.4, -0.2) is 29.1 Å². The second-order valence-corrected chi connectivity index (χ2v) is 5.77. The molecule has 0 aliphatic carbocycles. The van der Waals surface area contributed by atoms with Crippen LogP contribution in [0, 0.1) is 17.7 Å². The highest BCUT2D eigenvalue weighted by molar-refractivity contribution is 9.10. The lowest BCUT2D eigenvalue weighted by Crippen LogP contribution is -2.50. The molecule has 1 fully saturated rings. The van der Waals surface area contributed by atoms with Gasteiger partial charge in [0.15, 0.2) is 0 Å². The third-order valence-electron chi connectivity index (χ3n) is 3.41. The van der Waals surface area contributed by atoms with E-state index in [-0.39, 0.29) is 17.7 Å². The number of rotatable bonds is 4. The molecule has 1 aliphatic heterocycles.